The number of aliphatic carboxylic acids is 1. The van der Waals surface area contributed by atoms with Gasteiger partial charge in [0, 0.05) is 11.5 Å². The lowest BCUT2D eigenvalue weighted by Crippen LogP contribution is -2.74. The second-order valence-electron chi connectivity index (χ2n) is 13.0. The van der Waals surface area contributed by atoms with Crippen LogP contribution in [0.4, 0.5) is 5.69 Å². The molecule has 2 bridgehead atoms. The summed E-state index contributed by atoms with van der Waals surface area (Å²) in [7, 11) is 2.40. The van der Waals surface area contributed by atoms with Gasteiger partial charge in [-0.25, -0.2) is 9.36 Å². The van der Waals surface area contributed by atoms with Crippen LogP contribution in [-0.4, -0.2) is 101 Å². The largest absolute Gasteiger partial charge is 0.477 e. The number of fused-ring (bicyclic) bond motifs is 5. The number of hydrogen-bond donors (Lipinski definition) is 2. The molecule has 0 aliphatic carbocycles. The molecular formula is C31H40N5O4S2+3. The number of amides is 1. The lowest BCUT2D eigenvalue weighted by atomic mass is 9.77. The predicted octanol–water partition coefficient (Wildman–Crippen LogP) is 3.05. The molecule has 0 radical (unpaired) electrons. The number of carbonyl (C=O) groups is 2. The summed E-state index contributed by atoms with van der Waals surface area (Å²) >= 11 is 3.26. The van der Waals surface area contributed by atoms with Gasteiger partial charge in [-0.05, 0) is 49.9 Å². The summed E-state index contributed by atoms with van der Waals surface area (Å²) < 4.78 is 6.74. The minimum Gasteiger partial charge on any atom is -0.477 e. The van der Waals surface area contributed by atoms with Crippen molar-refractivity contribution in [1.82, 2.24) is 13.8 Å². The fraction of sp³-hybridized carbons (Fsp3) is 0.516. The minimum atomic E-state index is -1.10. The minimum absolute atomic E-state index is 0.0586. The van der Waals surface area contributed by atoms with Crippen LogP contribution in [0.2, 0.25) is 0 Å². The van der Waals surface area contributed by atoms with Crippen LogP contribution in [0.25, 0.3) is 10.4 Å². The first-order chi connectivity index (χ1) is 20.0. The van der Waals surface area contributed by atoms with E-state index >= 15 is 0 Å². The maximum atomic E-state index is 12.8. The number of aliphatic hydroxyl groups is 1. The van der Waals surface area contributed by atoms with Crippen LogP contribution in [-0.2, 0) is 9.59 Å². The normalized spacial score (nSPS) is 31.9. The van der Waals surface area contributed by atoms with Gasteiger partial charge in [-0.3, -0.25) is 9.28 Å². The average molecular weight is 611 g/mol. The van der Waals surface area contributed by atoms with E-state index in [9.17, 15) is 19.8 Å². The number of quaternary nitrogens is 2. The van der Waals surface area contributed by atoms with E-state index in [1.54, 1.807) is 30.0 Å². The molecular weight excluding hydrogens is 571 g/mol. The number of benzene rings is 1. The summed E-state index contributed by atoms with van der Waals surface area (Å²) in [5.74, 6) is -2.15. The predicted molar refractivity (Wildman–Crippen MR) is 164 cm³/mol. The van der Waals surface area contributed by atoms with Crippen molar-refractivity contribution in [3.63, 3.8) is 0 Å². The van der Waals surface area contributed by atoms with Crippen molar-refractivity contribution in [3.8, 4) is 0 Å². The Morgan fingerprint density at radius 2 is 1.76 bits per heavy atom. The molecule has 2 aromatic heterocycles. The molecule has 3 aromatic rings. The van der Waals surface area contributed by atoms with Gasteiger partial charge >= 0.3 is 5.97 Å². The van der Waals surface area contributed by atoms with Crippen molar-refractivity contribution < 1.29 is 28.9 Å². The monoisotopic (exact) mass is 610 g/mol. The van der Waals surface area contributed by atoms with Crippen molar-refractivity contribution >= 4 is 51.1 Å². The second kappa shape index (κ2) is 9.65. The summed E-state index contributed by atoms with van der Waals surface area (Å²) in [6.45, 7) is 13.2. The number of thioether (sulfide) groups is 1. The topological polar surface area (TPSA) is 86.1 Å². The lowest BCUT2D eigenvalue weighted by Gasteiger charge is -2.53. The summed E-state index contributed by atoms with van der Waals surface area (Å²) in [4.78, 5) is 28.5. The molecule has 2 N–H and O–H groups in total. The van der Waals surface area contributed by atoms with Crippen molar-refractivity contribution in [2.24, 2.45) is 11.8 Å². The first-order valence-electron chi connectivity index (χ1n) is 14.9. The van der Waals surface area contributed by atoms with Crippen molar-refractivity contribution in [3.05, 3.63) is 52.9 Å². The highest BCUT2D eigenvalue weighted by Crippen LogP contribution is 2.51. The summed E-state index contributed by atoms with van der Waals surface area (Å²) in [5, 5.41) is 21.5. The van der Waals surface area contributed by atoms with Gasteiger partial charge in [-0.15, -0.1) is 0 Å². The van der Waals surface area contributed by atoms with Gasteiger partial charge in [0.05, 0.1) is 30.0 Å². The number of nitrogens with zero attached hydrogens (tertiary/aromatic N) is 5. The number of β-lactam (4-membered cyclic amide) rings is 1. The number of carboxylic acid groups (broad SMARTS) is 1. The number of carbonyl (C=O) groups excluding carboxylic acids is 1. The second-order valence-corrected chi connectivity index (χ2v) is 14.9. The fourth-order valence-electron chi connectivity index (χ4n) is 7.98. The standard InChI is InChI=1S/C31H39N5O4S2/c1-18-24(27(31(39)40)34-26(18)25(20(3)37)28(34)38)23-16-32-17-33(30(41-5)29(32)42-23)19(2)21-6-8-22(9-7-21)36-13-10-35(4,11-14-36)12-15-36/h6-9,16-20,25-26,37H,10-15H2,1-5H3/q+2/p+1/t18-,19?,20+,25+,26+,35?,36?/m0/s1. The molecule has 4 saturated heterocycles. The van der Waals surface area contributed by atoms with Gasteiger partial charge in [0.1, 0.15) is 62.9 Å². The molecule has 11 heteroatoms. The third-order valence-corrected chi connectivity index (χ3v) is 12.8. The molecule has 5 aliphatic rings. The van der Waals surface area contributed by atoms with Crippen molar-refractivity contribution in [1.29, 1.82) is 0 Å². The highest BCUT2D eigenvalue weighted by Gasteiger charge is 2.60. The zero-order chi connectivity index (χ0) is 29.7. The third-order valence-electron chi connectivity index (χ3n) is 10.7. The quantitative estimate of drug-likeness (QED) is 0.186. The van der Waals surface area contributed by atoms with E-state index in [1.165, 1.54) is 59.9 Å². The fourth-order valence-corrected chi connectivity index (χ4v) is 10.2. The maximum absolute atomic E-state index is 12.8. The molecule has 1 unspecified atom stereocenters. The number of rotatable bonds is 7. The molecule has 1 amide bonds. The highest BCUT2D eigenvalue weighted by atomic mass is 32.2. The van der Waals surface area contributed by atoms with E-state index < -0.39 is 18.0 Å². The summed E-state index contributed by atoms with van der Waals surface area (Å²) in [6.07, 6.45) is 5.37. The molecule has 8 rings (SSSR count). The average Bonchev–Trinajstić information content (AvgIpc) is 3.60. The molecule has 4 fully saturated rings. The number of imidazole rings is 1. The van der Waals surface area contributed by atoms with Gasteiger partial charge in [0.2, 0.25) is 15.8 Å². The van der Waals surface area contributed by atoms with Crippen LogP contribution in [0.1, 0.15) is 37.3 Å². The zero-order valence-electron chi connectivity index (χ0n) is 24.9. The Morgan fingerprint density at radius 3 is 2.33 bits per heavy atom. The zero-order valence-corrected chi connectivity index (χ0v) is 26.5. The molecule has 9 nitrogen and oxygen atoms in total. The molecule has 0 saturated carbocycles. The van der Waals surface area contributed by atoms with E-state index in [-0.39, 0.29) is 29.6 Å². The van der Waals surface area contributed by atoms with Crippen LogP contribution in [0.5, 0.6) is 0 Å². The Bertz CT molecular complexity index is 1620. The molecule has 5 aliphatic heterocycles. The number of carboxylic acids is 1. The Labute approximate surface area is 254 Å². The molecule has 42 heavy (non-hydrogen) atoms. The Hall–Kier alpha value is -2.70. The van der Waals surface area contributed by atoms with Gasteiger partial charge in [0.25, 0.3) is 6.33 Å². The summed E-state index contributed by atoms with van der Waals surface area (Å²) in [6, 6.07) is 9.08. The van der Waals surface area contributed by atoms with Crippen molar-refractivity contribution in [2.75, 3.05) is 52.6 Å². The Balaban J connectivity index is 1.19. The number of aromatic nitrogens is 2. The van der Waals surface area contributed by atoms with Crippen LogP contribution >= 0.6 is 23.1 Å². The maximum Gasteiger partial charge on any atom is 0.352 e. The molecule has 0 spiro atoms. The van der Waals surface area contributed by atoms with Gasteiger partial charge in [0.15, 0.2) is 0 Å². The molecule has 7 heterocycles. The van der Waals surface area contributed by atoms with Crippen LogP contribution in [0.15, 0.2) is 47.5 Å². The number of piperazine rings is 3. The number of thiazole rings is 1. The third kappa shape index (κ3) is 3.90. The number of likely N-dealkylation sites (N-methyl/N-ethyl adjacent to an activating group) is 1. The van der Waals surface area contributed by atoms with E-state index in [4.69, 9.17) is 0 Å². The molecule has 1 aromatic carbocycles. The van der Waals surface area contributed by atoms with Gasteiger partial charge in [-0.2, -0.15) is 4.40 Å². The van der Waals surface area contributed by atoms with Crippen molar-refractivity contribution in [2.45, 2.75) is 44.0 Å². The van der Waals surface area contributed by atoms with E-state index in [1.807, 2.05) is 13.1 Å². The number of aliphatic hydroxyl groups excluding tert-OH is 1. The van der Waals surface area contributed by atoms with E-state index in [0.29, 0.717) is 5.57 Å². The molecule has 222 valence electrons. The highest BCUT2D eigenvalue weighted by molar-refractivity contribution is 7.98. The van der Waals surface area contributed by atoms with Gasteiger partial charge in [-0.1, -0.05) is 30.0 Å². The van der Waals surface area contributed by atoms with Gasteiger partial charge < -0.3 is 19.6 Å². The van der Waals surface area contributed by atoms with E-state index in [2.05, 4.69) is 59.8 Å². The van der Waals surface area contributed by atoms with E-state index in [0.717, 1.165) is 19.2 Å². The SMILES string of the molecule is CSc1c2sc(C3=C(C(=O)O)N4C(=O)[C@H]([C@@H](C)O)[C@H]4[C@H]3C)cn2c[n+]1C(C)c1ccc([N+]23CC[N+](C)(CC2)CC3)cc1. The van der Waals surface area contributed by atoms with Crippen LogP contribution in [0, 0.1) is 11.8 Å². The number of hydrogen-bond acceptors (Lipinski definition) is 5. The summed E-state index contributed by atoms with van der Waals surface area (Å²) in [5.41, 5.74) is 3.44. The van der Waals surface area contributed by atoms with Crippen LogP contribution in [0.3, 0.4) is 0 Å². The Kier molecular flexibility index (Phi) is 6.46. The molecule has 5 atom stereocenters. The lowest BCUT2D eigenvalue weighted by molar-refractivity contribution is -0.922. The first kappa shape index (κ1) is 28.1. The smallest absolute Gasteiger partial charge is 0.352 e. The Morgan fingerprint density at radius 1 is 1.12 bits per heavy atom. The first-order valence-corrected chi connectivity index (χ1v) is 16.9. The van der Waals surface area contributed by atoms with Crippen LogP contribution < -0.4 is 9.05 Å².